The number of rotatable bonds is 4. The van der Waals surface area contributed by atoms with Crippen LogP contribution in [0.3, 0.4) is 0 Å². The summed E-state index contributed by atoms with van der Waals surface area (Å²) in [4.78, 5) is 24.3. The molecule has 1 aromatic heterocycles. The molecule has 0 radical (unpaired) electrons. The lowest BCUT2D eigenvalue weighted by Crippen LogP contribution is -2.12. The first-order valence-corrected chi connectivity index (χ1v) is 7.94. The van der Waals surface area contributed by atoms with Crippen molar-refractivity contribution in [2.75, 3.05) is 5.32 Å². The molecular weight excluding hydrogens is 302 g/mol. The Morgan fingerprint density at radius 3 is 2.62 bits per heavy atom. The second kappa shape index (κ2) is 6.32. The van der Waals surface area contributed by atoms with Crippen LogP contribution in [0.25, 0.3) is 11.0 Å². The van der Waals surface area contributed by atoms with Crippen LogP contribution in [0.5, 0.6) is 0 Å². The van der Waals surface area contributed by atoms with Gasteiger partial charge in [0, 0.05) is 28.6 Å². The number of benzene rings is 2. The number of amides is 1. The monoisotopic (exact) mass is 321 g/mol. The van der Waals surface area contributed by atoms with Gasteiger partial charge in [-0.1, -0.05) is 30.7 Å². The van der Waals surface area contributed by atoms with Crippen LogP contribution >= 0.6 is 0 Å². The summed E-state index contributed by atoms with van der Waals surface area (Å²) in [6, 6.07) is 12.8. The molecule has 0 aliphatic carbocycles. The van der Waals surface area contributed by atoms with Gasteiger partial charge in [-0.25, -0.2) is 0 Å². The van der Waals surface area contributed by atoms with Crippen LogP contribution in [-0.4, -0.2) is 11.7 Å². The Hall–Kier alpha value is -2.88. The average Bonchev–Trinajstić information content (AvgIpc) is 2.91. The molecule has 0 bridgehead atoms. The summed E-state index contributed by atoms with van der Waals surface area (Å²) >= 11 is 0. The highest BCUT2D eigenvalue weighted by molar-refractivity contribution is 6.07. The number of nitrogens with one attached hydrogen (secondary N) is 1. The van der Waals surface area contributed by atoms with Crippen molar-refractivity contribution in [1.29, 1.82) is 0 Å². The number of furan rings is 1. The number of carbonyl (C=O) groups is 2. The fraction of sp³-hybridized carbons (Fsp3) is 0.200. The highest BCUT2D eigenvalue weighted by Gasteiger charge is 2.18. The lowest BCUT2D eigenvalue weighted by molar-refractivity contribution is 0.0982. The van der Waals surface area contributed by atoms with E-state index in [4.69, 9.17) is 4.42 Å². The summed E-state index contributed by atoms with van der Waals surface area (Å²) in [5.74, 6) is 0.0202. The Bertz CT molecular complexity index is 937. The number of hydrogen-bond donors (Lipinski definition) is 1. The van der Waals surface area contributed by atoms with Gasteiger partial charge in [-0.2, -0.15) is 0 Å². The maximum absolute atomic E-state index is 12.6. The van der Waals surface area contributed by atoms with Crippen molar-refractivity contribution in [2.24, 2.45) is 0 Å². The smallest absolute Gasteiger partial charge is 0.291 e. The van der Waals surface area contributed by atoms with Gasteiger partial charge in [0.25, 0.3) is 5.91 Å². The van der Waals surface area contributed by atoms with E-state index in [2.05, 4.69) is 5.32 Å². The summed E-state index contributed by atoms with van der Waals surface area (Å²) in [6.45, 7) is 5.69. The molecule has 1 heterocycles. The highest BCUT2D eigenvalue weighted by Crippen LogP contribution is 2.27. The molecule has 1 N–H and O–H groups in total. The maximum Gasteiger partial charge on any atom is 0.291 e. The van der Waals surface area contributed by atoms with Gasteiger partial charge in [-0.15, -0.1) is 0 Å². The van der Waals surface area contributed by atoms with E-state index in [9.17, 15) is 9.59 Å². The van der Waals surface area contributed by atoms with Crippen LogP contribution in [0.4, 0.5) is 5.69 Å². The second-order valence-corrected chi connectivity index (χ2v) is 5.87. The van der Waals surface area contributed by atoms with Gasteiger partial charge in [0.2, 0.25) is 0 Å². The molecule has 4 heteroatoms. The van der Waals surface area contributed by atoms with E-state index in [1.54, 1.807) is 24.3 Å². The number of fused-ring (bicyclic) bond motifs is 1. The Morgan fingerprint density at radius 2 is 1.88 bits per heavy atom. The SMILES string of the molecule is CCC(=O)c1cccc(NC(=O)c2oc3ccc(C)cc3c2C)c1. The number of anilines is 1. The summed E-state index contributed by atoms with van der Waals surface area (Å²) in [6.07, 6.45) is 0.430. The first-order chi connectivity index (χ1) is 11.5. The Kier molecular flexibility index (Phi) is 4.21. The van der Waals surface area contributed by atoms with Gasteiger partial charge in [-0.3, -0.25) is 9.59 Å². The van der Waals surface area contributed by atoms with Crippen molar-refractivity contribution in [2.45, 2.75) is 27.2 Å². The normalized spacial score (nSPS) is 10.8. The van der Waals surface area contributed by atoms with Gasteiger partial charge in [0.05, 0.1) is 0 Å². The van der Waals surface area contributed by atoms with Crippen molar-refractivity contribution < 1.29 is 14.0 Å². The van der Waals surface area contributed by atoms with E-state index in [1.165, 1.54) is 0 Å². The minimum atomic E-state index is -0.317. The molecule has 0 saturated carbocycles. The molecule has 3 aromatic rings. The van der Waals surface area contributed by atoms with E-state index >= 15 is 0 Å². The lowest BCUT2D eigenvalue weighted by atomic mass is 10.1. The fourth-order valence-electron chi connectivity index (χ4n) is 2.71. The predicted molar refractivity (Wildman–Crippen MR) is 94.7 cm³/mol. The molecule has 0 fully saturated rings. The van der Waals surface area contributed by atoms with Gasteiger partial charge in [-0.05, 0) is 38.1 Å². The van der Waals surface area contributed by atoms with Crippen LogP contribution in [0.2, 0.25) is 0 Å². The number of ketones is 1. The average molecular weight is 321 g/mol. The van der Waals surface area contributed by atoms with Crippen molar-refractivity contribution in [1.82, 2.24) is 0 Å². The Labute approximate surface area is 140 Å². The van der Waals surface area contributed by atoms with Crippen LogP contribution < -0.4 is 5.32 Å². The lowest BCUT2D eigenvalue weighted by Gasteiger charge is -2.06. The molecule has 0 saturated heterocycles. The van der Waals surface area contributed by atoms with Crippen molar-refractivity contribution in [3.63, 3.8) is 0 Å². The quantitative estimate of drug-likeness (QED) is 0.696. The first kappa shape index (κ1) is 16.0. The molecule has 0 aliphatic heterocycles. The van der Waals surface area contributed by atoms with E-state index in [0.29, 0.717) is 29.0 Å². The molecule has 24 heavy (non-hydrogen) atoms. The van der Waals surface area contributed by atoms with Gasteiger partial charge >= 0.3 is 0 Å². The first-order valence-electron chi connectivity index (χ1n) is 7.94. The van der Waals surface area contributed by atoms with Crippen molar-refractivity contribution in [3.8, 4) is 0 Å². The maximum atomic E-state index is 12.6. The van der Waals surface area contributed by atoms with Crippen LogP contribution in [0.15, 0.2) is 46.9 Å². The van der Waals surface area contributed by atoms with E-state index in [-0.39, 0.29) is 11.7 Å². The van der Waals surface area contributed by atoms with Crippen LogP contribution in [0.1, 0.15) is 45.4 Å². The topological polar surface area (TPSA) is 59.3 Å². The number of hydrogen-bond acceptors (Lipinski definition) is 3. The van der Waals surface area contributed by atoms with Gasteiger partial charge in [0.15, 0.2) is 11.5 Å². The summed E-state index contributed by atoms with van der Waals surface area (Å²) in [5, 5.41) is 3.75. The zero-order valence-electron chi connectivity index (χ0n) is 14.0. The van der Waals surface area contributed by atoms with Crippen LogP contribution in [0, 0.1) is 13.8 Å². The summed E-state index contributed by atoms with van der Waals surface area (Å²) < 4.78 is 5.71. The third-order valence-electron chi connectivity index (χ3n) is 4.06. The molecule has 122 valence electrons. The largest absolute Gasteiger partial charge is 0.451 e. The Balaban J connectivity index is 1.90. The molecule has 0 atom stereocenters. The molecule has 0 spiro atoms. The van der Waals surface area contributed by atoms with Gasteiger partial charge in [0.1, 0.15) is 5.58 Å². The summed E-state index contributed by atoms with van der Waals surface area (Å²) in [7, 11) is 0. The summed E-state index contributed by atoms with van der Waals surface area (Å²) in [5.41, 5.74) is 3.79. The fourth-order valence-corrected chi connectivity index (χ4v) is 2.71. The predicted octanol–water partition coefficient (Wildman–Crippen LogP) is 4.89. The Morgan fingerprint density at radius 1 is 1.08 bits per heavy atom. The van der Waals surface area contributed by atoms with Crippen LogP contribution in [-0.2, 0) is 0 Å². The highest BCUT2D eigenvalue weighted by atomic mass is 16.3. The third kappa shape index (κ3) is 2.95. The standard InChI is InChI=1S/C20H19NO3/c1-4-17(22)14-6-5-7-15(11-14)21-20(23)19-13(3)16-10-12(2)8-9-18(16)24-19/h5-11H,4H2,1-3H3,(H,21,23). The van der Waals surface area contributed by atoms with Crippen molar-refractivity contribution >= 4 is 28.3 Å². The molecule has 3 rings (SSSR count). The molecule has 1 amide bonds. The molecular formula is C20H19NO3. The third-order valence-corrected chi connectivity index (χ3v) is 4.06. The molecule has 4 nitrogen and oxygen atoms in total. The number of carbonyl (C=O) groups excluding carboxylic acids is 2. The van der Waals surface area contributed by atoms with E-state index in [1.807, 2.05) is 39.0 Å². The zero-order valence-corrected chi connectivity index (χ0v) is 14.0. The zero-order chi connectivity index (χ0) is 17.3. The van der Waals surface area contributed by atoms with E-state index in [0.717, 1.165) is 16.5 Å². The van der Waals surface area contributed by atoms with Crippen molar-refractivity contribution in [3.05, 3.63) is 64.9 Å². The minimum absolute atomic E-state index is 0.0430. The molecule has 0 unspecified atom stereocenters. The number of Topliss-reactive ketones (excluding diaryl/α,β-unsaturated/α-hetero) is 1. The van der Waals surface area contributed by atoms with Gasteiger partial charge < -0.3 is 9.73 Å². The molecule has 2 aromatic carbocycles. The molecule has 0 aliphatic rings. The number of aryl methyl sites for hydroxylation is 2. The van der Waals surface area contributed by atoms with E-state index < -0.39 is 0 Å². The minimum Gasteiger partial charge on any atom is -0.451 e. The second-order valence-electron chi connectivity index (χ2n) is 5.87.